The van der Waals surface area contributed by atoms with Gasteiger partial charge in [-0.15, -0.1) is 11.8 Å². The Morgan fingerprint density at radius 1 is 1.52 bits per heavy atom. The van der Waals surface area contributed by atoms with Gasteiger partial charge in [-0.25, -0.2) is 4.79 Å². The van der Waals surface area contributed by atoms with Gasteiger partial charge in [-0.1, -0.05) is 0 Å². The predicted molar refractivity (Wildman–Crippen MR) is 98.6 cm³/mol. The Bertz CT molecular complexity index is 628. The van der Waals surface area contributed by atoms with Gasteiger partial charge in [0, 0.05) is 35.8 Å². The second-order valence-corrected chi connectivity index (χ2v) is 8.74. The average Bonchev–Trinajstić information content (AvgIpc) is 3.15. The van der Waals surface area contributed by atoms with E-state index in [1.165, 1.54) is 16.7 Å². The Labute approximate surface area is 161 Å². The third-order valence-electron chi connectivity index (χ3n) is 5.63. The number of thioether (sulfide) groups is 1. The summed E-state index contributed by atoms with van der Waals surface area (Å²) in [6.07, 6.45) is -0.259. The molecule has 2 saturated heterocycles. The molecular formula is C17H27N3O6S. The fourth-order valence-electron chi connectivity index (χ4n) is 4.29. The molecule has 1 unspecified atom stereocenters. The molecule has 10 heteroatoms. The highest BCUT2D eigenvalue weighted by Gasteiger charge is 2.57. The quantitative estimate of drug-likeness (QED) is 0.278. The van der Waals surface area contributed by atoms with E-state index in [0.29, 0.717) is 19.4 Å². The molecule has 0 aromatic carbocycles. The molecule has 0 radical (unpaired) electrons. The summed E-state index contributed by atoms with van der Waals surface area (Å²) in [6, 6.07) is -0.0416. The minimum atomic E-state index is -1.45. The van der Waals surface area contributed by atoms with Crippen molar-refractivity contribution in [3.05, 3.63) is 10.8 Å². The zero-order chi connectivity index (χ0) is 19.7. The van der Waals surface area contributed by atoms with Crippen LogP contribution in [0.1, 0.15) is 26.2 Å². The van der Waals surface area contributed by atoms with E-state index >= 15 is 0 Å². The van der Waals surface area contributed by atoms with E-state index in [1.807, 2.05) is 0 Å². The normalized spacial score (nSPS) is 32.3. The van der Waals surface area contributed by atoms with Crippen LogP contribution in [0.3, 0.4) is 0 Å². The number of nitrogens with zero attached hydrogens (tertiary/aromatic N) is 1. The zero-order valence-corrected chi connectivity index (χ0v) is 16.0. The fraction of sp³-hybridized carbons (Fsp3) is 0.765. The number of hydrogen-bond acceptors (Lipinski definition) is 8. The number of β-lactam (4-membered cyclic amide) rings is 1. The number of fused-ring (bicyclic) bond motifs is 1. The highest BCUT2D eigenvalue weighted by Crippen LogP contribution is 2.49. The lowest BCUT2D eigenvalue weighted by molar-refractivity contribution is -0.160. The van der Waals surface area contributed by atoms with Gasteiger partial charge in [-0.2, -0.15) is 0 Å². The molecule has 9 nitrogen and oxygen atoms in total. The molecule has 0 bridgehead atoms. The van der Waals surface area contributed by atoms with Crippen molar-refractivity contribution in [1.82, 2.24) is 10.2 Å². The molecule has 6 N–H and O–H groups in total. The van der Waals surface area contributed by atoms with Crippen LogP contribution in [0.2, 0.25) is 0 Å². The van der Waals surface area contributed by atoms with E-state index in [4.69, 9.17) is 15.6 Å². The summed E-state index contributed by atoms with van der Waals surface area (Å²) in [4.78, 5) is 25.5. The Morgan fingerprint density at radius 3 is 2.85 bits per heavy atom. The number of nitrogens with two attached hydrogens (primary N) is 1. The Balaban J connectivity index is 1.69. The van der Waals surface area contributed by atoms with E-state index in [0.717, 1.165) is 17.9 Å². The van der Waals surface area contributed by atoms with Crippen molar-refractivity contribution in [1.29, 1.82) is 0 Å². The molecule has 0 aromatic rings. The topological polar surface area (TPSA) is 145 Å². The lowest BCUT2D eigenvalue weighted by Crippen LogP contribution is -2.61. The van der Waals surface area contributed by atoms with Gasteiger partial charge >= 0.3 is 6.16 Å². The summed E-state index contributed by atoms with van der Waals surface area (Å²) >= 11 is 1.53. The van der Waals surface area contributed by atoms with E-state index in [2.05, 4.69) is 5.32 Å². The minimum absolute atomic E-state index is 0.0913. The third kappa shape index (κ3) is 3.95. The lowest BCUT2D eigenvalue weighted by Gasteiger charge is -2.44. The van der Waals surface area contributed by atoms with Gasteiger partial charge < -0.3 is 31.1 Å². The first-order valence-corrected chi connectivity index (χ1v) is 10.1. The van der Waals surface area contributed by atoms with Gasteiger partial charge in [0.2, 0.25) is 11.8 Å². The smallest absolute Gasteiger partial charge is 0.449 e. The maximum atomic E-state index is 12.3. The predicted octanol–water partition coefficient (Wildman–Crippen LogP) is -0.117. The maximum absolute atomic E-state index is 12.3. The van der Waals surface area contributed by atoms with Crippen LogP contribution in [-0.4, -0.2) is 75.4 Å². The minimum Gasteiger partial charge on any atom is -0.449 e. The molecule has 152 valence electrons. The number of hydrogen-bond donors (Lipinski definition) is 5. The molecule has 6 atom stereocenters. The maximum Gasteiger partial charge on any atom is 0.512 e. The van der Waals surface area contributed by atoms with Gasteiger partial charge in [0.25, 0.3) is 0 Å². The molecule has 0 saturated carbocycles. The molecule has 0 aliphatic carbocycles. The molecule has 3 aliphatic heterocycles. The fourth-order valence-corrected chi connectivity index (χ4v) is 5.69. The van der Waals surface area contributed by atoms with Gasteiger partial charge in [0.15, 0.2) is 0 Å². The van der Waals surface area contributed by atoms with Gasteiger partial charge in [-0.05, 0) is 32.2 Å². The van der Waals surface area contributed by atoms with Gasteiger partial charge in [-0.3, -0.25) is 9.69 Å². The van der Waals surface area contributed by atoms with Crippen molar-refractivity contribution in [2.75, 3.05) is 19.7 Å². The van der Waals surface area contributed by atoms with Crippen molar-refractivity contribution in [2.45, 2.75) is 49.6 Å². The van der Waals surface area contributed by atoms with Crippen LogP contribution in [0.4, 0.5) is 4.79 Å². The largest absolute Gasteiger partial charge is 0.512 e. The van der Waals surface area contributed by atoms with Crippen molar-refractivity contribution in [2.24, 2.45) is 17.6 Å². The second-order valence-electron chi connectivity index (χ2n) is 7.34. The van der Waals surface area contributed by atoms with Crippen LogP contribution in [0.25, 0.3) is 0 Å². The molecule has 27 heavy (non-hydrogen) atoms. The monoisotopic (exact) mass is 401 g/mol. The number of ether oxygens (including phenoxy) is 1. The number of carbonyl (C=O) groups excluding carboxylic acids is 1. The molecule has 2 fully saturated rings. The van der Waals surface area contributed by atoms with E-state index in [1.54, 1.807) is 6.92 Å². The van der Waals surface area contributed by atoms with Crippen molar-refractivity contribution in [3.8, 4) is 0 Å². The standard InChI is InChI=1S/C17H27N3O6S/c1-8(22)14-12-5-13(16(26-17(24)25)20(12)15(14)23)27-10-4-11(19-7-10)9(6-18)2-3-21/h8-12,14,19,21-22H,2-7,18H2,1H3,(H,24,25)/t8-,9?,10+,11+,12-,14-/m1/s1. The SMILES string of the molecule is C[C@@H](O)[C@H]1C(=O)N2C(OC(=O)O)=C(S[C@@H]3CN[C@H](C(CN)CCO)C3)C[C@H]12. The van der Waals surface area contributed by atoms with Crippen molar-refractivity contribution >= 4 is 23.8 Å². The summed E-state index contributed by atoms with van der Waals surface area (Å²) in [6.45, 7) is 2.90. The van der Waals surface area contributed by atoms with Crippen molar-refractivity contribution < 1.29 is 29.6 Å². The van der Waals surface area contributed by atoms with Crippen LogP contribution < -0.4 is 11.1 Å². The number of aliphatic hydroxyl groups is 2. The Hall–Kier alpha value is -1.33. The third-order valence-corrected chi connectivity index (χ3v) is 6.95. The Morgan fingerprint density at radius 2 is 2.26 bits per heavy atom. The summed E-state index contributed by atoms with van der Waals surface area (Å²) < 4.78 is 4.93. The first kappa shape index (κ1) is 20.4. The first-order chi connectivity index (χ1) is 12.9. The number of amides is 1. The van der Waals surface area contributed by atoms with Crippen LogP contribution in [-0.2, 0) is 9.53 Å². The Kier molecular flexibility index (Phi) is 6.32. The molecule has 3 heterocycles. The number of rotatable bonds is 8. The number of nitrogens with one attached hydrogen (secondary N) is 1. The average molecular weight is 401 g/mol. The van der Waals surface area contributed by atoms with Crippen LogP contribution in [0.5, 0.6) is 0 Å². The van der Waals surface area contributed by atoms with E-state index < -0.39 is 18.2 Å². The molecular weight excluding hydrogens is 374 g/mol. The zero-order valence-electron chi connectivity index (χ0n) is 15.2. The number of aliphatic hydroxyl groups excluding tert-OH is 2. The summed E-state index contributed by atoms with van der Waals surface area (Å²) in [5.74, 6) is -0.533. The molecule has 3 aliphatic rings. The van der Waals surface area contributed by atoms with Crippen LogP contribution in [0, 0.1) is 11.8 Å². The van der Waals surface area contributed by atoms with Crippen LogP contribution >= 0.6 is 11.8 Å². The molecule has 3 rings (SSSR count). The summed E-state index contributed by atoms with van der Waals surface area (Å²) in [5, 5.41) is 31.7. The summed E-state index contributed by atoms with van der Waals surface area (Å²) in [7, 11) is 0. The van der Waals surface area contributed by atoms with E-state index in [-0.39, 0.29) is 41.6 Å². The molecule has 0 spiro atoms. The van der Waals surface area contributed by atoms with Gasteiger partial charge in [0.1, 0.15) is 0 Å². The molecule has 1 amide bonds. The summed E-state index contributed by atoms with van der Waals surface area (Å²) in [5.41, 5.74) is 5.81. The van der Waals surface area contributed by atoms with Crippen LogP contribution in [0.15, 0.2) is 10.8 Å². The molecule has 0 aromatic heterocycles. The second kappa shape index (κ2) is 8.36. The number of carboxylic acid groups (broad SMARTS) is 1. The van der Waals surface area contributed by atoms with Gasteiger partial charge in [0.05, 0.1) is 18.1 Å². The van der Waals surface area contributed by atoms with Crippen molar-refractivity contribution in [3.63, 3.8) is 0 Å². The number of carbonyl (C=O) groups is 2. The first-order valence-electron chi connectivity index (χ1n) is 9.23. The highest BCUT2D eigenvalue weighted by molar-refractivity contribution is 8.03. The highest BCUT2D eigenvalue weighted by atomic mass is 32.2. The van der Waals surface area contributed by atoms with E-state index in [9.17, 15) is 19.8 Å². The lowest BCUT2D eigenvalue weighted by atomic mass is 9.84.